The van der Waals surface area contributed by atoms with Gasteiger partial charge in [0.25, 0.3) is 0 Å². The van der Waals surface area contributed by atoms with Crippen LogP contribution in [0.25, 0.3) is 0 Å². The Bertz CT molecular complexity index is 952. The van der Waals surface area contributed by atoms with E-state index < -0.39 is 0 Å². The average Bonchev–Trinajstić information content (AvgIpc) is 3.49. The number of likely N-dealkylation sites (N-methyl/N-ethyl adjacent to an activating group) is 2. The Labute approximate surface area is 274 Å². The van der Waals surface area contributed by atoms with Gasteiger partial charge in [-0.05, 0) is 82.5 Å². The van der Waals surface area contributed by atoms with E-state index in [1.807, 2.05) is 13.8 Å². The van der Waals surface area contributed by atoms with Crippen LogP contribution in [0.1, 0.15) is 131 Å². The van der Waals surface area contributed by atoms with Crippen molar-refractivity contribution in [2.75, 3.05) is 52.5 Å². The molecule has 2 saturated heterocycles. The number of hydrogen-bond donors (Lipinski definition) is 0. The first kappa shape index (κ1) is 38.8. The fourth-order valence-electron chi connectivity index (χ4n) is 7.04. The Morgan fingerprint density at radius 2 is 1.04 bits per heavy atom. The zero-order chi connectivity index (χ0) is 33.3. The molecular weight excluding hydrogens is 568 g/mol. The van der Waals surface area contributed by atoms with Crippen molar-refractivity contribution in [3.8, 4) is 0 Å². The topological polar surface area (TPSA) is 90.5 Å². The number of nitrogens with zero attached hydrogens (tertiary/aromatic N) is 4. The van der Waals surface area contributed by atoms with Crippen molar-refractivity contribution in [3.05, 3.63) is 12.7 Å². The second-order valence-electron chi connectivity index (χ2n) is 13.3. The van der Waals surface area contributed by atoms with Crippen LogP contribution in [0.2, 0.25) is 0 Å². The van der Waals surface area contributed by atoms with Crippen molar-refractivity contribution in [3.63, 3.8) is 0 Å². The van der Waals surface area contributed by atoms with Crippen LogP contribution in [-0.4, -0.2) is 96.0 Å². The van der Waals surface area contributed by atoms with Crippen LogP contribution in [0.5, 0.6) is 0 Å². The number of allylic oxidation sites excluding steroid dienone is 1. The Morgan fingerprint density at radius 1 is 0.622 bits per heavy atom. The van der Waals surface area contributed by atoms with E-state index in [-0.39, 0.29) is 42.4 Å². The van der Waals surface area contributed by atoms with Gasteiger partial charge in [-0.15, -0.1) is 6.58 Å². The summed E-state index contributed by atoms with van der Waals surface area (Å²) >= 11 is 0. The molecule has 0 aromatic carbocycles. The summed E-state index contributed by atoms with van der Waals surface area (Å²) in [7, 11) is 0. The van der Waals surface area contributed by atoms with E-state index in [4.69, 9.17) is 4.74 Å². The number of amides is 6. The highest BCUT2D eigenvalue weighted by atomic mass is 16.5. The second kappa shape index (κ2) is 20.0. The molecule has 0 bridgehead atoms. The predicted octanol–water partition coefficient (Wildman–Crippen LogP) is 7.64. The molecule has 2 rings (SSSR count). The van der Waals surface area contributed by atoms with Gasteiger partial charge in [0.2, 0.25) is 11.8 Å². The minimum absolute atomic E-state index is 0.0593. The Balaban J connectivity index is 1.58. The molecule has 0 radical (unpaired) electrons. The van der Waals surface area contributed by atoms with Gasteiger partial charge in [0.1, 0.15) is 13.1 Å². The lowest BCUT2D eigenvalue weighted by Crippen LogP contribution is -2.33. The quantitative estimate of drug-likeness (QED) is 0.0555. The summed E-state index contributed by atoms with van der Waals surface area (Å²) in [6.07, 6.45) is 18.1. The maximum Gasteiger partial charge on any atom is 0.327 e. The van der Waals surface area contributed by atoms with Crippen molar-refractivity contribution >= 4 is 23.9 Å². The monoisotopic (exact) mass is 632 g/mol. The van der Waals surface area contributed by atoms with Gasteiger partial charge in [-0.2, -0.15) is 0 Å². The average molecular weight is 633 g/mol. The third-order valence-corrected chi connectivity index (χ3v) is 10.8. The minimum atomic E-state index is -0.144. The molecule has 2 fully saturated rings. The highest BCUT2D eigenvalue weighted by Crippen LogP contribution is 2.38. The maximum absolute atomic E-state index is 12.3. The number of urea groups is 2. The van der Waals surface area contributed by atoms with Crippen molar-refractivity contribution in [2.24, 2.45) is 10.8 Å². The van der Waals surface area contributed by atoms with Crippen LogP contribution in [-0.2, 0) is 14.3 Å². The summed E-state index contributed by atoms with van der Waals surface area (Å²) in [6.45, 7) is 19.0. The fourth-order valence-corrected chi connectivity index (χ4v) is 7.04. The molecule has 0 aliphatic carbocycles. The zero-order valence-corrected chi connectivity index (χ0v) is 29.4. The third kappa shape index (κ3) is 11.4. The molecule has 2 aliphatic heterocycles. The molecule has 258 valence electrons. The second-order valence-corrected chi connectivity index (χ2v) is 13.3. The molecule has 2 heterocycles. The first-order valence-electron chi connectivity index (χ1n) is 18.0. The SMILES string of the molecule is C=CC(CC)(CCCCOCCCCC(CC)(CC)CCCCN1C(=O)CN(CC)C1=O)CCCCN1C(=O)CN(CC)C1=O. The van der Waals surface area contributed by atoms with E-state index in [0.717, 1.165) is 103 Å². The van der Waals surface area contributed by atoms with Crippen LogP contribution >= 0.6 is 0 Å². The third-order valence-electron chi connectivity index (χ3n) is 10.8. The normalized spacial score (nSPS) is 17.3. The number of unbranched alkanes of at least 4 members (excludes halogenated alkanes) is 4. The van der Waals surface area contributed by atoms with Crippen molar-refractivity contribution < 1.29 is 23.9 Å². The van der Waals surface area contributed by atoms with Gasteiger partial charge < -0.3 is 14.5 Å². The molecule has 2 aliphatic rings. The summed E-state index contributed by atoms with van der Waals surface area (Å²) in [5, 5.41) is 0. The molecular formula is C36H64N4O5. The first-order valence-corrected chi connectivity index (χ1v) is 18.0. The van der Waals surface area contributed by atoms with Gasteiger partial charge in [-0.3, -0.25) is 19.4 Å². The molecule has 45 heavy (non-hydrogen) atoms. The molecule has 0 N–H and O–H groups in total. The zero-order valence-electron chi connectivity index (χ0n) is 29.4. The van der Waals surface area contributed by atoms with E-state index in [0.29, 0.717) is 31.6 Å². The summed E-state index contributed by atoms with van der Waals surface area (Å²) in [5.41, 5.74) is 0.436. The van der Waals surface area contributed by atoms with E-state index in [2.05, 4.69) is 33.4 Å². The lowest BCUT2D eigenvalue weighted by atomic mass is 9.74. The van der Waals surface area contributed by atoms with Crippen LogP contribution in [0.3, 0.4) is 0 Å². The van der Waals surface area contributed by atoms with E-state index in [1.54, 1.807) is 9.80 Å². The number of rotatable bonds is 26. The molecule has 0 saturated carbocycles. The molecule has 9 heteroatoms. The predicted molar refractivity (Wildman–Crippen MR) is 181 cm³/mol. The molecule has 0 aromatic rings. The van der Waals surface area contributed by atoms with Crippen LogP contribution < -0.4 is 0 Å². The first-order chi connectivity index (χ1) is 21.6. The number of hydrogen-bond acceptors (Lipinski definition) is 5. The van der Waals surface area contributed by atoms with Gasteiger partial charge in [-0.1, -0.05) is 65.4 Å². The van der Waals surface area contributed by atoms with Crippen molar-refractivity contribution in [1.82, 2.24) is 19.6 Å². The van der Waals surface area contributed by atoms with Gasteiger partial charge in [-0.25, -0.2) is 9.59 Å². The Hall–Kier alpha value is -2.42. The molecule has 6 amide bonds. The Morgan fingerprint density at radius 3 is 1.42 bits per heavy atom. The largest absolute Gasteiger partial charge is 0.381 e. The number of ether oxygens (including phenoxy) is 1. The lowest BCUT2D eigenvalue weighted by Gasteiger charge is -2.32. The van der Waals surface area contributed by atoms with Gasteiger partial charge in [0.15, 0.2) is 0 Å². The van der Waals surface area contributed by atoms with Crippen LogP contribution in [0, 0.1) is 10.8 Å². The number of carbonyl (C=O) groups is 4. The van der Waals surface area contributed by atoms with E-state index >= 15 is 0 Å². The maximum atomic E-state index is 12.3. The molecule has 1 unspecified atom stereocenters. The number of carbonyl (C=O) groups excluding carboxylic acids is 4. The highest BCUT2D eigenvalue weighted by Gasteiger charge is 2.35. The standard InChI is InChI=1S/C36H64N4O5/c1-7-35(8-2,21-13-17-25-39-31(41)29-37(11-5)33(39)43)23-15-19-27-45-28-20-16-24-36(9-3,10-4)22-14-18-26-40-32(42)30-38(12-6)34(40)44/h7H,1,8-30H2,2-6H3. The fraction of sp³-hybridized carbons (Fsp3) is 0.833. The molecule has 1 atom stereocenters. The molecule has 0 aromatic heterocycles. The highest BCUT2D eigenvalue weighted by molar-refractivity contribution is 6.02. The summed E-state index contributed by atoms with van der Waals surface area (Å²) in [5.74, 6) is -0.135. The lowest BCUT2D eigenvalue weighted by molar-refractivity contribution is -0.126. The van der Waals surface area contributed by atoms with Crippen LogP contribution in [0.4, 0.5) is 9.59 Å². The molecule has 0 spiro atoms. The summed E-state index contributed by atoms with van der Waals surface area (Å²) < 4.78 is 6.01. The van der Waals surface area contributed by atoms with Gasteiger partial charge in [0.05, 0.1) is 0 Å². The van der Waals surface area contributed by atoms with Crippen LogP contribution in [0.15, 0.2) is 12.7 Å². The summed E-state index contributed by atoms with van der Waals surface area (Å²) in [4.78, 5) is 55.0. The number of imide groups is 2. The Kier molecular flexibility index (Phi) is 17.2. The smallest absolute Gasteiger partial charge is 0.327 e. The minimum Gasteiger partial charge on any atom is -0.381 e. The van der Waals surface area contributed by atoms with E-state index in [1.165, 1.54) is 16.2 Å². The summed E-state index contributed by atoms with van der Waals surface area (Å²) in [6, 6.07) is -0.272. The molecule has 9 nitrogen and oxygen atoms in total. The van der Waals surface area contributed by atoms with E-state index in [9.17, 15) is 19.2 Å². The van der Waals surface area contributed by atoms with Crippen molar-refractivity contribution in [1.29, 1.82) is 0 Å². The van der Waals surface area contributed by atoms with Gasteiger partial charge >= 0.3 is 12.1 Å². The van der Waals surface area contributed by atoms with Gasteiger partial charge in [0, 0.05) is 39.4 Å². The van der Waals surface area contributed by atoms with Crippen molar-refractivity contribution in [2.45, 2.75) is 131 Å².